The van der Waals surface area contributed by atoms with Gasteiger partial charge in [-0.2, -0.15) is 10.2 Å². The molecule has 0 aliphatic rings. The summed E-state index contributed by atoms with van der Waals surface area (Å²) in [6, 6.07) is -0.250. The summed E-state index contributed by atoms with van der Waals surface area (Å²) < 4.78 is 5.64. The van der Waals surface area contributed by atoms with E-state index in [0.717, 1.165) is 6.42 Å². The first-order valence-corrected chi connectivity index (χ1v) is 11.2. The van der Waals surface area contributed by atoms with Gasteiger partial charge in [-0.15, -0.1) is 0 Å². The minimum atomic E-state index is -1.77. The van der Waals surface area contributed by atoms with Gasteiger partial charge in [0.1, 0.15) is 6.10 Å². The van der Waals surface area contributed by atoms with Gasteiger partial charge in [-0.3, -0.25) is 9.59 Å². The molecule has 6 atom stereocenters. The summed E-state index contributed by atoms with van der Waals surface area (Å²) in [5.74, 6) is -1.08. The van der Waals surface area contributed by atoms with Crippen molar-refractivity contribution < 1.29 is 19.4 Å². The van der Waals surface area contributed by atoms with E-state index in [9.17, 15) is 14.7 Å². The van der Waals surface area contributed by atoms with Crippen LogP contribution < -0.4 is 0 Å². The Balaban J connectivity index is 5.46. The lowest BCUT2D eigenvalue weighted by atomic mass is 9.81. The molecule has 0 saturated carbocycles. The Morgan fingerprint density at radius 3 is 1.93 bits per heavy atom. The van der Waals surface area contributed by atoms with Crippen molar-refractivity contribution in [3.05, 3.63) is 0 Å². The second-order valence-corrected chi connectivity index (χ2v) is 9.21. The standard InChI is InChI=1S/C23H44N2O4/c1-11-13-19(25-24-15(5)6)18(9)21(26)23(10,28)20(12-2)29-22(27)17(8)16(7)14(3)4/h14-20,28H,11-13H2,1-10H3. The van der Waals surface area contributed by atoms with E-state index in [2.05, 4.69) is 24.1 Å². The van der Waals surface area contributed by atoms with Crippen molar-refractivity contribution in [2.75, 3.05) is 0 Å². The van der Waals surface area contributed by atoms with Crippen molar-refractivity contribution in [3.8, 4) is 0 Å². The van der Waals surface area contributed by atoms with Gasteiger partial charge in [0.05, 0.1) is 18.0 Å². The third-order valence-corrected chi connectivity index (χ3v) is 5.99. The number of rotatable bonds is 13. The van der Waals surface area contributed by atoms with Crippen molar-refractivity contribution in [2.45, 2.75) is 112 Å². The highest BCUT2D eigenvalue weighted by molar-refractivity contribution is 5.90. The van der Waals surface area contributed by atoms with Crippen LogP contribution in [0.1, 0.15) is 88.5 Å². The first-order valence-electron chi connectivity index (χ1n) is 11.2. The quantitative estimate of drug-likeness (QED) is 0.332. The first-order chi connectivity index (χ1) is 13.3. The van der Waals surface area contributed by atoms with Gasteiger partial charge in [0.25, 0.3) is 0 Å². The Bertz CT molecular complexity index is 543. The van der Waals surface area contributed by atoms with Crippen LogP contribution >= 0.6 is 0 Å². The van der Waals surface area contributed by atoms with E-state index in [4.69, 9.17) is 4.74 Å². The monoisotopic (exact) mass is 412 g/mol. The zero-order valence-electron chi connectivity index (χ0n) is 20.2. The van der Waals surface area contributed by atoms with Crippen molar-refractivity contribution in [1.82, 2.24) is 0 Å². The number of carbonyl (C=O) groups excluding carboxylic acids is 2. The van der Waals surface area contributed by atoms with Crippen LogP contribution in [0.4, 0.5) is 0 Å². The molecule has 0 rings (SSSR count). The molecule has 6 heteroatoms. The molecule has 0 aliphatic carbocycles. The van der Waals surface area contributed by atoms with Crippen molar-refractivity contribution >= 4 is 11.8 Å². The molecular weight excluding hydrogens is 368 g/mol. The van der Waals surface area contributed by atoms with E-state index in [1.165, 1.54) is 6.92 Å². The van der Waals surface area contributed by atoms with E-state index in [1.54, 1.807) is 6.92 Å². The molecule has 29 heavy (non-hydrogen) atoms. The molecule has 0 aromatic carbocycles. The second-order valence-electron chi connectivity index (χ2n) is 9.21. The van der Waals surface area contributed by atoms with Crippen LogP contribution in [-0.4, -0.2) is 40.6 Å². The van der Waals surface area contributed by atoms with E-state index < -0.39 is 17.6 Å². The summed E-state index contributed by atoms with van der Waals surface area (Å²) in [6.45, 7) is 18.9. The van der Waals surface area contributed by atoms with Crippen LogP contribution in [0.15, 0.2) is 10.2 Å². The fourth-order valence-electron chi connectivity index (χ4n) is 3.35. The minimum absolute atomic E-state index is 0.0472. The van der Waals surface area contributed by atoms with Gasteiger partial charge in [-0.05, 0) is 45.4 Å². The van der Waals surface area contributed by atoms with E-state index in [1.807, 2.05) is 41.5 Å². The van der Waals surface area contributed by atoms with Crippen LogP contribution in [0.2, 0.25) is 0 Å². The van der Waals surface area contributed by atoms with Crippen LogP contribution in [-0.2, 0) is 14.3 Å². The Labute approximate surface area is 177 Å². The van der Waals surface area contributed by atoms with Crippen LogP contribution in [0.5, 0.6) is 0 Å². The van der Waals surface area contributed by atoms with Crippen LogP contribution in [0, 0.1) is 23.7 Å². The molecule has 170 valence electrons. The zero-order valence-corrected chi connectivity index (χ0v) is 20.2. The van der Waals surface area contributed by atoms with Crippen molar-refractivity contribution in [2.24, 2.45) is 33.9 Å². The number of aliphatic hydroxyl groups is 1. The fraction of sp³-hybridized carbons (Fsp3) is 0.913. The molecule has 0 amide bonds. The predicted octanol–water partition coefficient (Wildman–Crippen LogP) is 5.22. The number of carbonyl (C=O) groups is 2. The predicted molar refractivity (Wildman–Crippen MR) is 117 cm³/mol. The summed E-state index contributed by atoms with van der Waals surface area (Å²) in [4.78, 5) is 25.8. The van der Waals surface area contributed by atoms with Gasteiger partial charge < -0.3 is 9.84 Å². The lowest BCUT2D eigenvalue weighted by molar-refractivity contribution is -0.176. The van der Waals surface area contributed by atoms with E-state index >= 15 is 0 Å². The lowest BCUT2D eigenvalue weighted by Crippen LogP contribution is -2.53. The number of hydrogen-bond acceptors (Lipinski definition) is 6. The molecule has 6 nitrogen and oxygen atoms in total. The highest BCUT2D eigenvalue weighted by atomic mass is 16.6. The number of azo groups is 1. The maximum absolute atomic E-state index is 13.2. The number of esters is 1. The summed E-state index contributed by atoms with van der Waals surface area (Å²) in [6.07, 6.45) is 1.03. The second kappa shape index (κ2) is 12.4. The summed E-state index contributed by atoms with van der Waals surface area (Å²) in [5, 5.41) is 19.6. The van der Waals surface area contributed by atoms with Gasteiger partial charge >= 0.3 is 5.97 Å². The molecule has 0 heterocycles. The highest BCUT2D eigenvalue weighted by Crippen LogP contribution is 2.28. The molecule has 1 N–H and O–H groups in total. The topological polar surface area (TPSA) is 88.3 Å². The van der Waals surface area contributed by atoms with Gasteiger partial charge in [-0.1, -0.05) is 54.9 Å². The van der Waals surface area contributed by atoms with Gasteiger partial charge in [0.2, 0.25) is 0 Å². The smallest absolute Gasteiger partial charge is 0.309 e. The third-order valence-electron chi connectivity index (χ3n) is 5.99. The van der Waals surface area contributed by atoms with E-state index in [0.29, 0.717) is 18.8 Å². The molecule has 6 unspecified atom stereocenters. The molecule has 0 fully saturated rings. The normalized spacial score (nSPS) is 19.6. The number of nitrogens with zero attached hydrogens (tertiary/aromatic N) is 2. The maximum atomic E-state index is 13.2. The summed E-state index contributed by atoms with van der Waals surface area (Å²) in [5.41, 5.74) is -1.77. The maximum Gasteiger partial charge on any atom is 0.309 e. The molecule has 0 aromatic heterocycles. The largest absolute Gasteiger partial charge is 0.459 e. The Kier molecular flexibility index (Phi) is 11.9. The Hall–Kier alpha value is -1.30. The SMILES string of the molecule is CCCC(N=NC(C)C)C(C)C(=O)C(C)(O)C(CC)OC(=O)C(C)C(C)C(C)C. The lowest BCUT2D eigenvalue weighted by Gasteiger charge is -2.35. The minimum Gasteiger partial charge on any atom is -0.459 e. The van der Waals surface area contributed by atoms with Gasteiger partial charge in [0, 0.05) is 5.92 Å². The molecular formula is C23H44N2O4. The van der Waals surface area contributed by atoms with Crippen LogP contribution in [0.25, 0.3) is 0 Å². The molecule has 0 bridgehead atoms. The molecule has 0 saturated heterocycles. The Morgan fingerprint density at radius 2 is 1.52 bits per heavy atom. The first kappa shape index (κ1) is 27.7. The third kappa shape index (κ3) is 8.15. The molecule has 0 radical (unpaired) electrons. The van der Waals surface area contributed by atoms with Crippen molar-refractivity contribution in [1.29, 1.82) is 0 Å². The molecule has 0 spiro atoms. The summed E-state index contributed by atoms with van der Waals surface area (Å²) >= 11 is 0. The summed E-state index contributed by atoms with van der Waals surface area (Å²) in [7, 11) is 0. The fourth-order valence-corrected chi connectivity index (χ4v) is 3.35. The number of ketones is 1. The number of Topliss-reactive ketones (excluding diaryl/α,β-unsaturated/α-hetero) is 1. The molecule has 0 aromatic rings. The van der Waals surface area contributed by atoms with Crippen LogP contribution in [0.3, 0.4) is 0 Å². The number of hydrogen-bond donors (Lipinski definition) is 1. The highest BCUT2D eigenvalue weighted by Gasteiger charge is 2.45. The average Bonchev–Trinajstić information content (AvgIpc) is 2.65. The van der Waals surface area contributed by atoms with Gasteiger partial charge in [0.15, 0.2) is 11.4 Å². The van der Waals surface area contributed by atoms with Crippen molar-refractivity contribution in [3.63, 3.8) is 0 Å². The number of ether oxygens (including phenoxy) is 1. The zero-order chi connectivity index (χ0) is 22.9. The average molecular weight is 413 g/mol. The van der Waals surface area contributed by atoms with E-state index in [-0.39, 0.29) is 35.7 Å². The Morgan fingerprint density at radius 1 is 0.966 bits per heavy atom. The van der Waals surface area contributed by atoms with Gasteiger partial charge in [-0.25, -0.2) is 0 Å². The molecule has 0 aliphatic heterocycles.